The number of hydrogen-bond acceptors (Lipinski definition) is 3. The second-order valence-corrected chi connectivity index (χ2v) is 6.99. The normalized spacial score (nSPS) is 13.5. The molecule has 22 heavy (non-hydrogen) atoms. The summed E-state index contributed by atoms with van der Waals surface area (Å²) < 4.78 is 16.7. The van der Waals surface area contributed by atoms with E-state index in [1.807, 2.05) is 31.2 Å². The van der Waals surface area contributed by atoms with Gasteiger partial charge in [-0.3, -0.25) is 0 Å². The van der Waals surface area contributed by atoms with Crippen molar-refractivity contribution in [1.29, 1.82) is 0 Å². The van der Waals surface area contributed by atoms with E-state index >= 15 is 0 Å². The number of esters is 1. The van der Waals surface area contributed by atoms with Crippen LogP contribution in [0.25, 0.3) is 11.1 Å². The largest absolute Gasteiger partial charge is 0.615 e. The maximum atomic E-state index is 12.1. The average Bonchev–Trinajstić information content (AvgIpc) is 2.55. The van der Waals surface area contributed by atoms with Gasteiger partial charge in [-0.05, 0) is 36.2 Å². The highest BCUT2D eigenvalue weighted by Gasteiger charge is 2.22. The maximum absolute atomic E-state index is 12.1. The molecule has 3 nitrogen and oxygen atoms in total. The molecule has 2 aromatic carbocycles. The van der Waals surface area contributed by atoms with E-state index in [-0.39, 0.29) is 11.0 Å². The van der Waals surface area contributed by atoms with Crippen LogP contribution >= 0.6 is 0 Å². The first-order valence-electron chi connectivity index (χ1n) is 7.12. The predicted molar refractivity (Wildman–Crippen MR) is 90.1 cm³/mol. The monoisotopic (exact) mass is 316 g/mol. The molecule has 0 aliphatic heterocycles. The Morgan fingerprint density at radius 1 is 1.09 bits per heavy atom. The minimum atomic E-state index is -1.27. The highest BCUT2D eigenvalue weighted by molar-refractivity contribution is 7.92. The molecule has 2 aromatic rings. The zero-order chi connectivity index (χ0) is 16.1. The molecule has 116 valence electrons. The average molecular weight is 316 g/mol. The molecule has 0 heterocycles. The second kappa shape index (κ2) is 7.47. The number of carbonyl (C=O) groups is 1. The fourth-order valence-corrected chi connectivity index (χ4v) is 3.21. The van der Waals surface area contributed by atoms with Crippen LogP contribution in [-0.2, 0) is 20.7 Å². The van der Waals surface area contributed by atoms with Crippen molar-refractivity contribution in [3.8, 4) is 11.1 Å². The summed E-state index contributed by atoms with van der Waals surface area (Å²) in [5.41, 5.74) is 4.46. The van der Waals surface area contributed by atoms with E-state index in [9.17, 15) is 9.35 Å². The molecule has 0 spiro atoms. The van der Waals surface area contributed by atoms with Gasteiger partial charge in [-0.2, -0.15) is 0 Å². The Bertz CT molecular complexity index is 620. The molecular formula is C18H20O3S. The van der Waals surface area contributed by atoms with Gasteiger partial charge < -0.3 is 9.29 Å². The summed E-state index contributed by atoms with van der Waals surface area (Å²) in [7, 11) is 1.31. The van der Waals surface area contributed by atoms with E-state index in [0.29, 0.717) is 0 Å². The number of carbonyl (C=O) groups excluding carboxylic acids is 1. The summed E-state index contributed by atoms with van der Waals surface area (Å²) in [4.78, 5) is 11.2. The van der Waals surface area contributed by atoms with Crippen LogP contribution in [0.4, 0.5) is 0 Å². The van der Waals surface area contributed by atoms with Gasteiger partial charge in [-0.15, -0.1) is 0 Å². The summed E-state index contributed by atoms with van der Waals surface area (Å²) in [6, 6.07) is 16.3. The lowest BCUT2D eigenvalue weighted by Gasteiger charge is -2.17. The number of rotatable bonds is 5. The van der Waals surface area contributed by atoms with E-state index in [1.165, 1.54) is 12.7 Å². The topological polar surface area (TPSA) is 49.4 Å². The van der Waals surface area contributed by atoms with Crippen molar-refractivity contribution in [3.63, 3.8) is 0 Å². The maximum Gasteiger partial charge on any atom is 0.356 e. The molecule has 0 N–H and O–H groups in total. The second-order valence-electron chi connectivity index (χ2n) is 5.23. The van der Waals surface area contributed by atoms with Crippen LogP contribution in [0, 0.1) is 6.92 Å². The predicted octanol–water partition coefficient (Wildman–Crippen LogP) is 3.64. The molecule has 4 heteroatoms. The van der Waals surface area contributed by atoms with Gasteiger partial charge in [-0.25, -0.2) is 4.79 Å². The van der Waals surface area contributed by atoms with E-state index in [2.05, 4.69) is 35.9 Å². The van der Waals surface area contributed by atoms with Crippen molar-refractivity contribution in [2.45, 2.75) is 19.1 Å². The SMILES string of the molecule is COC(=O)C[S+]([O-])C(C)c1ccc(-c2ccc(C)cc2)cc1. The zero-order valence-corrected chi connectivity index (χ0v) is 13.9. The van der Waals surface area contributed by atoms with E-state index < -0.39 is 17.1 Å². The highest BCUT2D eigenvalue weighted by Crippen LogP contribution is 2.26. The fraction of sp³-hybridized carbons (Fsp3) is 0.278. The van der Waals surface area contributed by atoms with Gasteiger partial charge in [0.25, 0.3) is 0 Å². The molecule has 0 aliphatic carbocycles. The number of benzene rings is 2. The van der Waals surface area contributed by atoms with Crippen molar-refractivity contribution >= 4 is 17.1 Å². The summed E-state index contributed by atoms with van der Waals surface area (Å²) >= 11 is -1.27. The lowest BCUT2D eigenvalue weighted by molar-refractivity contribution is -0.137. The van der Waals surface area contributed by atoms with Crippen LogP contribution in [0.3, 0.4) is 0 Å². The molecule has 0 fully saturated rings. The minimum Gasteiger partial charge on any atom is -0.615 e. The standard InChI is InChI=1S/C18H20O3S/c1-13-4-6-16(7-5-13)17-10-8-15(9-11-17)14(2)22(20)12-18(19)21-3/h4-11,14H,12H2,1-3H3. The first-order valence-corrected chi connectivity index (χ1v) is 8.50. The number of ether oxygens (including phenoxy) is 1. The van der Waals surface area contributed by atoms with Crippen LogP contribution in [0.15, 0.2) is 48.5 Å². The minimum absolute atomic E-state index is 0.0720. The molecular weight excluding hydrogens is 296 g/mol. The molecule has 2 atom stereocenters. The van der Waals surface area contributed by atoms with Gasteiger partial charge in [0.2, 0.25) is 5.75 Å². The third-order valence-corrected chi connectivity index (χ3v) is 5.23. The Hall–Kier alpha value is -1.78. The summed E-state index contributed by atoms with van der Waals surface area (Å²) in [5.74, 6) is -0.515. The van der Waals surface area contributed by atoms with Gasteiger partial charge in [-0.1, -0.05) is 54.1 Å². The van der Waals surface area contributed by atoms with Crippen LogP contribution < -0.4 is 0 Å². The third kappa shape index (κ3) is 4.12. The van der Waals surface area contributed by atoms with Crippen molar-refractivity contribution in [3.05, 3.63) is 59.7 Å². The molecule has 0 saturated carbocycles. The Morgan fingerprint density at radius 3 is 2.09 bits per heavy atom. The first kappa shape index (κ1) is 16.6. The Labute approximate surface area is 134 Å². The third-order valence-electron chi connectivity index (χ3n) is 3.65. The lowest BCUT2D eigenvalue weighted by Crippen LogP contribution is -2.21. The summed E-state index contributed by atoms with van der Waals surface area (Å²) in [6.45, 7) is 3.92. The molecule has 2 unspecified atom stereocenters. The summed E-state index contributed by atoms with van der Waals surface area (Å²) in [5, 5.41) is -0.203. The molecule has 2 rings (SSSR count). The molecule has 0 radical (unpaired) electrons. The Balaban J connectivity index is 2.11. The van der Waals surface area contributed by atoms with Crippen molar-refractivity contribution in [2.24, 2.45) is 0 Å². The number of hydrogen-bond donors (Lipinski definition) is 0. The Kier molecular flexibility index (Phi) is 5.63. The lowest BCUT2D eigenvalue weighted by atomic mass is 10.0. The van der Waals surface area contributed by atoms with E-state index in [1.54, 1.807) is 0 Å². The van der Waals surface area contributed by atoms with Crippen molar-refractivity contribution in [1.82, 2.24) is 0 Å². The number of methoxy groups -OCH3 is 1. The van der Waals surface area contributed by atoms with E-state index in [4.69, 9.17) is 0 Å². The van der Waals surface area contributed by atoms with Crippen LogP contribution in [0.1, 0.15) is 23.3 Å². The summed E-state index contributed by atoms with van der Waals surface area (Å²) in [6.07, 6.45) is 0. The van der Waals surface area contributed by atoms with Crippen LogP contribution in [0.2, 0.25) is 0 Å². The zero-order valence-electron chi connectivity index (χ0n) is 13.0. The van der Waals surface area contributed by atoms with Gasteiger partial charge in [0.15, 0.2) is 0 Å². The van der Waals surface area contributed by atoms with Gasteiger partial charge in [0.1, 0.15) is 5.25 Å². The molecule has 0 saturated heterocycles. The van der Waals surface area contributed by atoms with Crippen LogP contribution in [-0.4, -0.2) is 23.4 Å². The molecule has 0 aromatic heterocycles. The Morgan fingerprint density at radius 2 is 1.59 bits per heavy atom. The fourth-order valence-electron chi connectivity index (χ4n) is 2.14. The molecule has 0 aliphatic rings. The van der Waals surface area contributed by atoms with Crippen molar-refractivity contribution < 1.29 is 14.1 Å². The first-order chi connectivity index (χ1) is 10.5. The van der Waals surface area contributed by atoms with Crippen molar-refractivity contribution in [2.75, 3.05) is 12.9 Å². The molecule has 0 bridgehead atoms. The van der Waals surface area contributed by atoms with Gasteiger partial charge in [0, 0.05) is 5.56 Å². The van der Waals surface area contributed by atoms with Gasteiger partial charge >= 0.3 is 5.97 Å². The quantitative estimate of drug-likeness (QED) is 0.625. The molecule has 0 amide bonds. The van der Waals surface area contributed by atoms with Crippen LogP contribution in [0.5, 0.6) is 0 Å². The highest BCUT2D eigenvalue weighted by atomic mass is 32.2. The smallest absolute Gasteiger partial charge is 0.356 e. The number of aryl methyl sites for hydroxylation is 1. The van der Waals surface area contributed by atoms with Gasteiger partial charge in [0.05, 0.1) is 7.11 Å². The van der Waals surface area contributed by atoms with E-state index in [0.717, 1.165) is 16.7 Å².